The zero-order chi connectivity index (χ0) is 14.7. The summed E-state index contributed by atoms with van der Waals surface area (Å²) in [4.78, 5) is 12.0. The minimum absolute atomic E-state index is 0.313. The van der Waals surface area contributed by atoms with Gasteiger partial charge in [0.1, 0.15) is 5.75 Å². The van der Waals surface area contributed by atoms with Crippen LogP contribution in [0.2, 0.25) is 0 Å². The maximum Gasteiger partial charge on any atom is 0.323 e. The Kier molecular flexibility index (Phi) is 3.42. The highest BCUT2D eigenvalue weighted by atomic mass is 16.5. The Hall–Kier alpha value is -3.02. The van der Waals surface area contributed by atoms with Gasteiger partial charge in [0, 0.05) is 29.8 Å². The Bertz CT molecular complexity index is 782. The lowest BCUT2D eigenvalue weighted by Crippen LogP contribution is -2.19. The van der Waals surface area contributed by atoms with E-state index in [9.17, 15) is 4.79 Å². The average Bonchev–Trinajstić information content (AvgIpc) is 2.95. The van der Waals surface area contributed by atoms with Crippen molar-refractivity contribution >= 4 is 22.9 Å². The molecular weight excluding hydrogens is 268 g/mol. The molecule has 1 aromatic carbocycles. The molecular formula is C15H14N4O2. The number of methoxy groups -OCH3 is 1. The molecule has 21 heavy (non-hydrogen) atoms. The number of hydrogen-bond acceptors (Lipinski definition) is 3. The van der Waals surface area contributed by atoms with E-state index in [2.05, 4.69) is 15.7 Å². The second-order valence-corrected chi connectivity index (χ2v) is 4.43. The number of rotatable bonds is 3. The lowest BCUT2D eigenvalue weighted by molar-refractivity contribution is 0.262. The van der Waals surface area contributed by atoms with E-state index in [-0.39, 0.29) is 6.03 Å². The molecule has 0 fully saturated rings. The van der Waals surface area contributed by atoms with Crippen molar-refractivity contribution in [2.45, 2.75) is 0 Å². The number of anilines is 2. The molecule has 0 aliphatic carbocycles. The quantitative estimate of drug-likeness (QED) is 0.776. The van der Waals surface area contributed by atoms with Gasteiger partial charge in [-0.3, -0.25) is 0 Å². The third kappa shape index (κ3) is 2.94. The summed E-state index contributed by atoms with van der Waals surface area (Å²) in [5.41, 5.74) is 2.27. The van der Waals surface area contributed by atoms with Gasteiger partial charge in [-0.25, -0.2) is 9.31 Å². The Morgan fingerprint density at radius 3 is 2.76 bits per heavy atom. The Balaban J connectivity index is 1.70. The van der Waals surface area contributed by atoms with Crippen LogP contribution in [0.4, 0.5) is 16.2 Å². The van der Waals surface area contributed by atoms with Crippen molar-refractivity contribution < 1.29 is 9.53 Å². The van der Waals surface area contributed by atoms with Crippen LogP contribution >= 0.6 is 0 Å². The van der Waals surface area contributed by atoms with E-state index in [4.69, 9.17) is 4.74 Å². The first-order chi connectivity index (χ1) is 10.2. The minimum Gasteiger partial charge on any atom is -0.497 e. The van der Waals surface area contributed by atoms with Gasteiger partial charge < -0.3 is 15.4 Å². The van der Waals surface area contributed by atoms with Crippen molar-refractivity contribution in [3.05, 3.63) is 54.9 Å². The van der Waals surface area contributed by atoms with Gasteiger partial charge in [0.25, 0.3) is 0 Å². The fourth-order valence-corrected chi connectivity index (χ4v) is 1.99. The molecule has 3 rings (SSSR count). The molecule has 0 radical (unpaired) electrons. The van der Waals surface area contributed by atoms with E-state index in [0.29, 0.717) is 17.1 Å². The van der Waals surface area contributed by atoms with Crippen LogP contribution in [0.15, 0.2) is 54.9 Å². The number of fused-ring (bicyclic) bond motifs is 1. The van der Waals surface area contributed by atoms with E-state index in [1.165, 1.54) is 0 Å². The summed E-state index contributed by atoms with van der Waals surface area (Å²) >= 11 is 0. The second-order valence-electron chi connectivity index (χ2n) is 4.43. The summed E-state index contributed by atoms with van der Waals surface area (Å²) in [6.45, 7) is 0. The van der Waals surface area contributed by atoms with E-state index in [1.54, 1.807) is 42.2 Å². The molecule has 0 saturated heterocycles. The number of hydrogen-bond donors (Lipinski definition) is 2. The molecule has 6 heteroatoms. The Morgan fingerprint density at radius 1 is 1.14 bits per heavy atom. The predicted octanol–water partition coefficient (Wildman–Crippen LogP) is 2.99. The van der Waals surface area contributed by atoms with Crippen molar-refractivity contribution in [3.8, 4) is 5.75 Å². The molecule has 0 unspecified atom stereocenters. The Morgan fingerprint density at radius 2 is 1.95 bits per heavy atom. The van der Waals surface area contributed by atoms with Gasteiger partial charge >= 0.3 is 6.03 Å². The van der Waals surface area contributed by atoms with Crippen LogP contribution in [0.1, 0.15) is 0 Å². The lowest BCUT2D eigenvalue weighted by Gasteiger charge is -2.09. The first-order valence-electron chi connectivity index (χ1n) is 6.40. The third-order valence-electron chi connectivity index (χ3n) is 2.99. The monoisotopic (exact) mass is 282 g/mol. The lowest BCUT2D eigenvalue weighted by atomic mass is 10.3. The van der Waals surface area contributed by atoms with E-state index in [1.807, 2.05) is 24.3 Å². The van der Waals surface area contributed by atoms with Crippen molar-refractivity contribution in [3.63, 3.8) is 0 Å². The molecule has 2 aromatic heterocycles. The molecule has 3 aromatic rings. The average molecular weight is 282 g/mol. The number of aromatic nitrogens is 2. The molecule has 2 heterocycles. The number of amides is 2. The molecule has 6 nitrogen and oxygen atoms in total. The van der Waals surface area contributed by atoms with Gasteiger partial charge in [-0.05, 0) is 30.3 Å². The van der Waals surface area contributed by atoms with E-state index in [0.717, 1.165) is 5.52 Å². The van der Waals surface area contributed by atoms with Gasteiger partial charge in [0.05, 0.1) is 12.6 Å². The van der Waals surface area contributed by atoms with Crippen LogP contribution in [0.5, 0.6) is 5.75 Å². The molecule has 2 amide bonds. The van der Waals surface area contributed by atoms with E-state index >= 15 is 0 Å². The van der Waals surface area contributed by atoms with Gasteiger partial charge in [-0.15, -0.1) is 0 Å². The molecule has 0 aliphatic rings. The van der Waals surface area contributed by atoms with Crippen LogP contribution in [0.25, 0.3) is 5.52 Å². The standard InChI is InChI=1S/C15H14N4O2/c1-21-14-4-2-3-11(10-14)17-15(20)18-12-6-8-19-13(9-12)5-7-16-19/h2-10H,1H3,(H2,17,18,20). The molecule has 0 bridgehead atoms. The predicted molar refractivity (Wildman–Crippen MR) is 80.8 cm³/mol. The van der Waals surface area contributed by atoms with Crippen molar-refractivity contribution in [1.29, 1.82) is 0 Å². The van der Waals surface area contributed by atoms with Crippen LogP contribution in [-0.2, 0) is 0 Å². The Labute approximate surface area is 121 Å². The number of nitrogens with one attached hydrogen (secondary N) is 2. The number of carbonyl (C=O) groups excluding carboxylic acids is 1. The zero-order valence-corrected chi connectivity index (χ0v) is 11.4. The number of urea groups is 1. The smallest absolute Gasteiger partial charge is 0.323 e. The first kappa shape index (κ1) is 13.0. The van der Waals surface area contributed by atoms with Crippen LogP contribution in [0, 0.1) is 0 Å². The van der Waals surface area contributed by atoms with Gasteiger partial charge in [-0.2, -0.15) is 5.10 Å². The number of ether oxygens (including phenoxy) is 1. The summed E-state index contributed by atoms with van der Waals surface area (Å²) < 4.78 is 6.84. The van der Waals surface area contributed by atoms with Crippen LogP contribution in [0.3, 0.4) is 0 Å². The third-order valence-corrected chi connectivity index (χ3v) is 2.99. The topological polar surface area (TPSA) is 67.7 Å². The molecule has 0 aliphatic heterocycles. The SMILES string of the molecule is COc1cccc(NC(=O)Nc2ccn3nccc3c2)c1. The number of pyridine rings is 1. The largest absolute Gasteiger partial charge is 0.497 e. The summed E-state index contributed by atoms with van der Waals surface area (Å²) in [5, 5.41) is 9.63. The van der Waals surface area contributed by atoms with E-state index < -0.39 is 0 Å². The van der Waals surface area contributed by atoms with Crippen molar-refractivity contribution in [2.24, 2.45) is 0 Å². The number of benzene rings is 1. The molecule has 2 N–H and O–H groups in total. The normalized spacial score (nSPS) is 10.3. The summed E-state index contributed by atoms with van der Waals surface area (Å²) in [6, 6.07) is 12.4. The summed E-state index contributed by atoms with van der Waals surface area (Å²) in [5.74, 6) is 0.688. The molecule has 0 atom stereocenters. The van der Waals surface area contributed by atoms with Crippen molar-refractivity contribution in [1.82, 2.24) is 9.61 Å². The summed E-state index contributed by atoms with van der Waals surface area (Å²) in [7, 11) is 1.58. The molecule has 0 saturated carbocycles. The maximum atomic E-state index is 12.0. The van der Waals surface area contributed by atoms with Gasteiger partial charge in [-0.1, -0.05) is 6.07 Å². The first-order valence-corrected chi connectivity index (χ1v) is 6.40. The van der Waals surface area contributed by atoms with Crippen LogP contribution in [-0.4, -0.2) is 22.8 Å². The van der Waals surface area contributed by atoms with Gasteiger partial charge in [0.15, 0.2) is 0 Å². The van der Waals surface area contributed by atoms with Crippen LogP contribution < -0.4 is 15.4 Å². The second kappa shape index (κ2) is 5.54. The maximum absolute atomic E-state index is 12.0. The zero-order valence-electron chi connectivity index (χ0n) is 11.4. The summed E-state index contributed by atoms with van der Waals surface area (Å²) in [6.07, 6.45) is 3.49. The number of nitrogens with zero attached hydrogens (tertiary/aromatic N) is 2. The molecule has 106 valence electrons. The highest BCUT2D eigenvalue weighted by molar-refractivity contribution is 6.00. The fraction of sp³-hybridized carbons (Fsp3) is 0.0667. The minimum atomic E-state index is -0.313. The number of carbonyl (C=O) groups is 1. The highest BCUT2D eigenvalue weighted by Gasteiger charge is 2.04. The molecule has 0 spiro atoms. The fourth-order valence-electron chi connectivity index (χ4n) is 1.99. The van der Waals surface area contributed by atoms with Gasteiger partial charge in [0.2, 0.25) is 0 Å². The highest BCUT2D eigenvalue weighted by Crippen LogP contribution is 2.17. The van der Waals surface area contributed by atoms with Crippen molar-refractivity contribution in [2.75, 3.05) is 17.7 Å².